The number of amides is 2. The third kappa shape index (κ3) is 4.23. The summed E-state index contributed by atoms with van der Waals surface area (Å²) in [5, 5.41) is 2.98. The Balaban J connectivity index is 1.54. The van der Waals surface area contributed by atoms with Gasteiger partial charge in [0, 0.05) is 36.1 Å². The van der Waals surface area contributed by atoms with Gasteiger partial charge in [-0.1, -0.05) is 24.3 Å². The second kappa shape index (κ2) is 9.07. The SMILES string of the molecule is COc1ccc(-c2cccc3c2/C(=C/c2[nH]c(C)cc2C(=O)N2CC[C@H](N(C)C)C2)C(=O)N3)cc1. The molecule has 35 heavy (non-hydrogen) atoms. The summed E-state index contributed by atoms with van der Waals surface area (Å²) in [5.74, 6) is 0.586. The van der Waals surface area contributed by atoms with Gasteiger partial charge in [-0.3, -0.25) is 9.59 Å². The number of aromatic amines is 1. The van der Waals surface area contributed by atoms with E-state index in [9.17, 15) is 9.59 Å². The van der Waals surface area contributed by atoms with Gasteiger partial charge in [-0.05, 0) is 68.9 Å². The number of likely N-dealkylation sites (N-methyl/N-ethyl adjacent to an activating group) is 1. The summed E-state index contributed by atoms with van der Waals surface area (Å²) >= 11 is 0. The van der Waals surface area contributed by atoms with Crippen molar-refractivity contribution in [1.82, 2.24) is 14.8 Å². The van der Waals surface area contributed by atoms with Crippen LogP contribution in [0.2, 0.25) is 0 Å². The summed E-state index contributed by atoms with van der Waals surface area (Å²) in [6.45, 7) is 3.36. The molecule has 3 aromatic rings. The summed E-state index contributed by atoms with van der Waals surface area (Å²) in [7, 11) is 5.73. The van der Waals surface area contributed by atoms with Crippen LogP contribution in [0, 0.1) is 6.92 Å². The number of likely N-dealkylation sites (tertiary alicyclic amines) is 1. The first kappa shape index (κ1) is 22.9. The first-order valence-corrected chi connectivity index (χ1v) is 11.8. The van der Waals surface area contributed by atoms with Crippen molar-refractivity contribution < 1.29 is 14.3 Å². The fourth-order valence-corrected chi connectivity index (χ4v) is 4.96. The highest BCUT2D eigenvalue weighted by atomic mass is 16.5. The lowest BCUT2D eigenvalue weighted by Gasteiger charge is -2.20. The van der Waals surface area contributed by atoms with E-state index in [2.05, 4.69) is 15.2 Å². The van der Waals surface area contributed by atoms with Gasteiger partial charge in [0.05, 0.1) is 23.9 Å². The number of aromatic nitrogens is 1. The molecule has 5 rings (SSSR count). The maximum Gasteiger partial charge on any atom is 0.256 e. The Labute approximate surface area is 205 Å². The number of nitrogens with zero attached hydrogens (tertiary/aromatic N) is 2. The molecule has 0 aliphatic carbocycles. The molecule has 180 valence electrons. The van der Waals surface area contributed by atoms with Crippen LogP contribution in [0.15, 0.2) is 48.5 Å². The number of benzene rings is 2. The average molecular weight is 471 g/mol. The second-order valence-corrected chi connectivity index (χ2v) is 9.41. The lowest BCUT2D eigenvalue weighted by atomic mass is 9.94. The molecule has 0 radical (unpaired) electrons. The molecule has 2 aromatic carbocycles. The number of anilines is 1. The smallest absolute Gasteiger partial charge is 0.256 e. The monoisotopic (exact) mass is 470 g/mol. The van der Waals surface area contributed by atoms with E-state index in [4.69, 9.17) is 4.74 Å². The van der Waals surface area contributed by atoms with Crippen molar-refractivity contribution in [2.75, 3.05) is 39.6 Å². The molecule has 0 bridgehead atoms. The maximum atomic E-state index is 13.4. The fourth-order valence-electron chi connectivity index (χ4n) is 4.96. The molecular weight excluding hydrogens is 440 g/mol. The predicted octanol–water partition coefficient (Wildman–Crippen LogP) is 4.27. The van der Waals surface area contributed by atoms with Crippen LogP contribution in [0.5, 0.6) is 5.75 Å². The van der Waals surface area contributed by atoms with Crippen LogP contribution in [0.1, 0.15) is 33.7 Å². The van der Waals surface area contributed by atoms with Crippen molar-refractivity contribution in [2.24, 2.45) is 0 Å². The Hall–Kier alpha value is -3.84. The number of hydrogen-bond donors (Lipinski definition) is 2. The van der Waals surface area contributed by atoms with Gasteiger partial charge in [-0.15, -0.1) is 0 Å². The Kier molecular flexibility index (Phi) is 5.94. The summed E-state index contributed by atoms with van der Waals surface area (Å²) in [4.78, 5) is 33.9. The summed E-state index contributed by atoms with van der Waals surface area (Å²) in [5.41, 5.74) is 6.19. The van der Waals surface area contributed by atoms with Crippen LogP contribution in [-0.2, 0) is 4.79 Å². The molecule has 1 aromatic heterocycles. The molecule has 0 unspecified atom stereocenters. The van der Waals surface area contributed by atoms with E-state index < -0.39 is 0 Å². The minimum atomic E-state index is -0.180. The number of nitrogens with one attached hydrogen (secondary N) is 2. The van der Waals surface area contributed by atoms with E-state index in [0.29, 0.717) is 29.4 Å². The minimum absolute atomic E-state index is 0.00684. The molecule has 1 saturated heterocycles. The summed E-state index contributed by atoms with van der Waals surface area (Å²) in [6, 6.07) is 15.9. The topological polar surface area (TPSA) is 77.7 Å². The van der Waals surface area contributed by atoms with Crippen LogP contribution in [0.3, 0.4) is 0 Å². The number of hydrogen-bond acceptors (Lipinski definition) is 4. The van der Waals surface area contributed by atoms with Crippen LogP contribution in [-0.4, -0.2) is 66.9 Å². The summed E-state index contributed by atoms with van der Waals surface area (Å²) < 4.78 is 5.29. The number of aryl methyl sites for hydroxylation is 1. The van der Waals surface area contributed by atoms with Crippen molar-refractivity contribution in [2.45, 2.75) is 19.4 Å². The van der Waals surface area contributed by atoms with Gasteiger partial charge >= 0.3 is 0 Å². The van der Waals surface area contributed by atoms with E-state index in [1.165, 1.54) is 0 Å². The van der Waals surface area contributed by atoms with Gasteiger partial charge in [0.25, 0.3) is 11.8 Å². The Morgan fingerprint density at radius 3 is 2.63 bits per heavy atom. The first-order valence-electron chi connectivity index (χ1n) is 11.8. The Morgan fingerprint density at radius 1 is 1.17 bits per heavy atom. The first-order chi connectivity index (χ1) is 16.9. The molecule has 2 aliphatic heterocycles. The second-order valence-electron chi connectivity index (χ2n) is 9.41. The average Bonchev–Trinajstić information content (AvgIpc) is 3.56. The van der Waals surface area contributed by atoms with Crippen LogP contribution in [0.25, 0.3) is 22.8 Å². The fraction of sp³-hybridized carbons (Fsp3) is 0.286. The number of H-pyrrole nitrogens is 1. The van der Waals surface area contributed by atoms with Gasteiger partial charge in [-0.2, -0.15) is 0 Å². The van der Waals surface area contributed by atoms with Crippen molar-refractivity contribution >= 4 is 29.2 Å². The molecular formula is C28H30N4O3. The highest BCUT2D eigenvalue weighted by Gasteiger charge is 2.31. The zero-order valence-electron chi connectivity index (χ0n) is 20.5. The molecule has 0 saturated carbocycles. The van der Waals surface area contributed by atoms with Gasteiger partial charge in [-0.25, -0.2) is 0 Å². The highest BCUT2D eigenvalue weighted by molar-refractivity contribution is 6.36. The molecule has 2 aliphatic rings. The number of methoxy groups -OCH3 is 1. The van der Waals surface area contributed by atoms with Crippen molar-refractivity contribution in [3.63, 3.8) is 0 Å². The molecule has 3 heterocycles. The van der Waals surface area contributed by atoms with Crippen molar-refractivity contribution in [3.8, 4) is 16.9 Å². The summed E-state index contributed by atoms with van der Waals surface area (Å²) in [6.07, 6.45) is 2.77. The lowest BCUT2D eigenvalue weighted by Crippen LogP contribution is -2.34. The quantitative estimate of drug-likeness (QED) is 0.546. The van der Waals surface area contributed by atoms with Gasteiger partial charge in [0.2, 0.25) is 0 Å². The Bertz CT molecular complexity index is 1320. The number of fused-ring (bicyclic) bond motifs is 1. The van der Waals surface area contributed by atoms with Crippen molar-refractivity contribution in [1.29, 1.82) is 0 Å². The largest absolute Gasteiger partial charge is 0.497 e. The Morgan fingerprint density at radius 2 is 1.94 bits per heavy atom. The third-order valence-corrected chi connectivity index (χ3v) is 6.91. The number of carbonyl (C=O) groups excluding carboxylic acids is 2. The minimum Gasteiger partial charge on any atom is -0.497 e. The normalized spacial score (nSPS) is 18.3. The predicted molar refractivity (Wildman–Crippen MR) is 138 cm³/mol. The van der Waals surface area contributed by atoms with Gasteiger partial charge < -0.3 is 24.8 Å². The zero-order valence-corrected chi connectivity index (χ0v) is 20.5. The lowest BCUT2D eigenvalue weighted by molar-refractivity contribution is -0.110. The van der Waals surface area contributed by atoms with E-state index in [-0.39, 0.29) is 11.8 Å². The van der Waals surface area contributed by atoms with E-state index in [1.807, 2.05) is 80.5 Å². The molecule has 2 N–H and O–H groups in total. The maximum absolute atomic E-state index is 13.4. The molecule has 1 fully saturated rings. The van der Waals surface area contributed by atoms with E-state index in [0.717, 1.165) is 46.8 Å². The van der Waals surface area contributed by atoms with Crippen LogP contribution < -0.4 is 10.1 Å². The number of rotatable bonds is 5. The van der Waals surface area contributed by atoms with Gasteiger partial charge in [0.15, 0.2) is 0 Å². The highest BCUT2D eigenvalue weighted by Crippen LogP contribution is 2.41. The van der Waals surface area contributed by atoms with Crippen molar-refractivity contribution in [3.05, 3.63) is 71.0 Å². The third-order valence-electron chi connectivity index (χ3n) is 6.91. The van der Waals surface area contributed by atoms with E-state index in [1.54, 1.807) is 7.11 Å². The number of ether oxygens (including phenoxy) is 1. The van der Waals surface area contributed by atoms with Crippen LogP contribution >= 0.6 is 0 Å². The van der Waals surface area contributed by atoms with Crippen LogP contribution in [0.4, 0.5) is 5.69 Å². The molecule has 1 atom stereocenters. The molecule has 7 nitrogen and oxygen atoms in total. The molecule has 0 spiro atoms. The molecule has 2 amide bonds. The van der Waals surface area contributed by atoms with Gasteiger partial charge in [0.1, 0.15) is 5.75 Å². The standard InChI is InChI=1S/C28H30N4O3/c1-17-14-22(28(34)32-13-12-19(16-32)31(2)3)25(29-17)15-23-26-21(6-5-7-24(26)30-27(23)33)18-8-10-20(35-4)11-9-18/h5-11,14-15,19,29H,12-13,16H2,1-4H3,(H,30,33)/b23-15-/t19-/m0/s1. The zero-order chi connectivity index (χ0) is 24.7. The van der Waals surface area contributed by atoms with E-state index >= 15 is 0 Å². The number of carbonyl (C=O) groups is 2. The molecule has 7 heteroatoms.